The van der Waals surface area contributed by atoms with E-state index in [1.807, 2.05) is 6.08 Å². The fraction of sp³-hybridized carbons (Fsp3) is 0.652. The van der Waals surface area contributed by atoms with Crippen molar-refractivity contribution in [3.63, 3.8) is 0 Å². The molecule has 5 rings (SSSR count). The number of ketones is 1. The highest BCUT2D eigenvalue weighted by Crippen LogP contribution is 2.65. The smallest absolute Gasteiger partial charge is 0.331 e. The van der Waals surface area contributed by atoms with E-state index in [1.54, 1.807) is 11.6 Å². The number of cyclic esters (lactones) is 1. The molecule has 3 nitrogen and oxygen atoms in total. The fourth-order valence-electron chi connectivity index (χ4n) is 7.04. The van der Waals surface area contributed by atoms with E-state index in [4.69, 9.17) is 4.74 Å². The maximum Gasteiger partial charge on any atom is 0.331 e. The summed E-state index contributed by atoms with van der Waals surface area (Å²) in [5, 5.41) is 0. The monoisotopic (exact) mass is 352 g/mol. The Hall–Kier alpha value is -1.64. The number of carbonyl (C=O) groups is 2. The lowest BCUT2D eigenvalue weighted by Gasteiger charge is -2.56. The van der Waals surface area contributed by atoms with Gasteiger partial charge < -0.3 is 4.74 Å². The molecule has 0 N–H and O–H groups in total. The van der Waals surface area contributed by atoms with Crippen LogP contribution in [0.2, 0.25) is 0 Å². The zero-order valence-electron chi connectivity index (χ0n) is 15.8. The standard InChI is InChI=1S/C23H28O3/c1-22-9-7-16(24)12-15(22)3-4-17-19-6-5-18(14-11-21(25)26-13-14)23(19,2)10-8-20(17)22/h6,11-12,17-18,20H,3-5,7-10,13H2,1-2H3/t17-,18+,20-,22-,23+/m0/s1. The van der Waals surface area contributed by atoms with E-state index >= 15 is 0 Å². The SMILES string of the molecule is C[C@]12CC[C@H]3[C@@H](CCC4=CC(=O)CC[C@@]43C)C1=CC[C@@H]2C1=CC(=O)OC1. The summed E-state index contributed by atoms with van der Waals surface area (Å²) in [5.74, 6) is 1.91. The highest BCUT2D eigenvalue weighted by Gasteiger charge is 2.56. The van der Waals surface area contributed by atoms with Gasteiger partial charge in [-0.3, -0.25) is 4.79 Å². The van der Waals surface area contributed by atoms with E-state index in [2.05, 4.69) is 19.9 Å². The Morgan fingerprint density at radius 3 is 2.65 bits per heavy atom. The van der Waals surface area contributed by atoms with Gasteiger partial charge in [0.25, 0.3) is 0 Å². The van der Waals surface area contributed by atoms with Crippen LogP contribution >= 0.6 is 0 Å². The number of rotatable bonds is 1. The summed E-state index contributed by atoms with van der Waals surface area (Å²) < 4.78 is 5.21. The second-order valence-electron chi connectivity index (χ2n) is 9.54. The van der Waals surface area contributed by atoms with Gasteiger partial charge >= 0.3 is 5.97 Å². The third-order valence-corrected chi connectivity index (χ3v) is 8.50. The van der Waals surface area contributed by atoms with Crippen LogP contribution in [0.5, 0.6) is 0 Å². The molecular formula is C23H28O3. The van der Waals surface area contributed by atoms with Gasteiger partial charge in [0.05, 0.1) is 0 Å². The average Bonchev–Trinajstić information content (AvgIpc) is 3.18. The number of allylic oxidation sites excluding steroid dienone is 4. The third-order valence-electron chi connectivity index (χ3n) is 8.50. The second kappa shape index (κ2) is 5.43. The molecule has 138 valence electrons. The summed E-state index contributed by atoms with van der Waals surface area (Å²) >= 11 is 0. The molecule has 4 aliphatic carbocycles. The molecule has 5 atom stereocenters. The lowest BCUT2D eigenvalue weighted by atomic mass is 9.48. The van der Waals surface area contributed by atoms with Gasteiger partial charge in [-0.2, -0.15) is 0 Å². The number of carbonyl (C=O) groups excluding carboxylic acids is 2. The molecule has 0 radical (unpaired) electrons. The first kappa shape index (κ1) is 16.5. The Morgan fingerprint density at radius 1 is 1.04 bits per heavy atom. The Kier molecular flexibility index (Phi) is 3.45. The molecule has 1 aliphatic heterocycles. The molecule has 5 aliphatic rings. The molecule has 0 spiro atoms. The Balaban J connectivity index is 1.47. The number of hydrogen-bond acceptors (Lipinski definition) is 3. The largest absolute Gasteiger partial charge is 0.458 e. The topological polar surface area (TPSA) is 43.4 Å². The molecule has 0 bridgehead atoms. The van der Waals surface area contributed by atoms with Crippen molar-refractivity contribution in [2.75, 3.05) is 6.61 Å². The van der Waals surface area contributed by atoms with E-state index in [0.29, 0.717) is 36.6 Å². The van der Waals surface area contributed by atoms with E-state index in [9.17, 15) is 9.59 Å². The highest BCUT2D eigenvalue weighted by atomic mass is 16.5. The summed E-state index contributed by atoms with van der Waals surface area (Å²) in [6.45, 7) is 5.33. The Morgan fingerprint density at radius 2 is 1.88 bits per heavy atom. The summed E-state index contributed by atoms with van der Waals surface area (Å²) in [6, 6.07) is 0. The van der Waals surface area contributed by atoms with Crippen LogP contribution in [0.4, 0.5) is 0 Å². The van der Waals surface area contributed by atoms with Gasteiger partial charge in [-0.25, -0.2) is 4.79 Å². The summed E-state index contributed by atoms with van der Waals surface area (Å²) in [4.78, 5) is 23.5. The van der Waals surface area contributed by atoms with Crippen molar-refractivity contribution in [2.24, 2.45) is 28.6 Å². The lowest BCUT2D eigenvalue weighted by Crippen LogP contribution is -2.47. The van der Waals surface area contributed by atoms with Crippen molar-refractivity contribution < 1.29 is 14.3 Å². The van der Waals surface area contributed by atoms with E-state index < -0.39 is 0 Å². The maximum absolute atomic E-state index is 11.9. The average molecular weight is 352 g/mol. The van der Waals surface area contributed by atoms with Gasteiger partial charge in [-0.05, 0) is 78.8 Å². The van der Waals surface area contributed by atoms with Crippen LogP contribution in [0.3, 0.4) is 0 Å². The van der Waals surface area contributed by atoms with Crippen molar-refractivity contribution in [3.05, 3.63) is 34.9 Å². The zero-order chi connectivity index (χ0) is 18.1. The molecule has 26 heavy (non-hydrogen) atoms. The van der Waals surface area contributed by atoms with Gasteiger partial charge in [0.1, 0.15) is 6.61 Å². The molecule has 2 fully saturated rings. The molecule has 2 saturated carbocycles. The third kappa shape index (κ3) is 2.12. The van der Waals surface area contributed by atoms with Crippen LogP contribution in [0.15, 0.2) is 34.9 Å². The van der Waals surface area contributed by atoms with E-state index in [1.165, 1.54) is 30.4 Å². The minimum absolute atomic E-state index is 0.169. The molecule has 0 aromatic heterocycles. The Bertz CT molecular complexity index is 785. The number of esters is 1. The maximum atomic E-state index is 11.9. The van der Waals surface area contributed by atoms with Crippen LogP contribution in [-0.4, -0.2) is 18.4 Å². The minimum atomic E-state index is -0.169. The van der Waals surface area contributed by atoms with E-state index in [-0.39, 0.29) is 16.8 Å². The normalized spacial score (nSPS) is 44.4. The summed E-state index contributed by atoms with van der Waals surface area (Å²) in [7, 11) is 0. The van der Waals surface area contributed by atoms with Crippen LogP contribution in [-0.2, 0) is 14.3 Å². The predicted molar refractivity (Wildman–Crippen MR) is 99.2 cm³/mol. The minimum Gasteiger partial charge on any atom is -0.458 e. The second-order valence-corrected chi connectivity index (χ2v) is 9.54. The molecular weight excluding hydrogens is 324 g/mol. The first-order valence-electron chi connectivity index (χ1n) is 10.2. The highest BCUT2D eigenvalue weighted by molar-refractivity contribution is 5.91. The molecule has 1 heterocycles. The molecule has 3 heteroatoms. The summed E-state index contributed by atoms with van der Waals surface area (Å²) in [6.07, 6.45) is 13.7. The van der Waals surface area contributed by atoms with Gasteiger partial charge in [-0.15, -0.1) is 0 Å². The van der Waals surface area contributed by atoms with E-state index in [0.717, 1.165) is 19.3 Å². The first-order chi connectivity index (χ1) is 12.4. The fourth-order valence-corrected chi connectivity index (χ4v) is 7.04. The quantitative estimate of drug-likeness (QED) is 0.514. The lowest BCUT2D eigenvalue weighted by molar-refractivity contribution is -0.135. The van der Waals surface area contributed by atoms with Crippen molar-refractivity contribution in [1.82, 2.24) is 0 Å². The van der Waals surface area contributed by atoms with Crippen molar-refractivity contribution in [3.8, 4) is 0 Å². The molecule has 0 amide bonds. The van der Waals surface area contributed by atoms with Gasteiger partial charge in [0, 0.05) is 12.5 Å². The predicted octanol–water partition coefficient (Wildman–Crippen LogP) is 4.54. The number of fused-ring (bicyclic) bond motifs is 5. The van der Waals surface area contributed by atoms with Gasteiger partial charge in [0.15, 0.2) is 5.78 Å². The van der Waals surface area contributed by atoms with Crippen molar-refractivity contribution in [2.45, 2.75) is 58.8 Å². The first-order valence-corrected chi connectivity index (χ1v) is 10.2. The van der Waals surface area contributed by atoms with Crippen LogP contribution in [0.25, 0.3) is 0 Å². The van der Waals surface area contributed by atoms with Gasteiger partial charge in [-0.1, -0.05) is 31.1 Å². The number of hydrogen-bond donors (Lipinski definition) is 0. The van der Waals surface area contributed by atoms with Crippen LogP contribution < -0.4 is 0 Å². The van der Waals surface area contributed by atoms with Crippen LogP contribution in [0, 0.1) is 28.6 Å². The molecule has 0 aromatic carbocycles. The van der Waals surface area contributed by atoms with Crippen LogP contribution in [0.1, 0.15) is 58.8 Å². The summed E-state index contributed by atoms with van der Waals surface area (Å²) in [5.41, 5.74) is 4.67. The molecule has 0 unspecified atom stereocenters. The Labute approximate surface area is 155 Å². The van der Waals surface area contributed by atoms with Gasteiger partial charge in [0.2, 0.25) is 0 Å². The molecule has 0 aromatic rings. The van der Waals surface area contributed by atoms with Crippen molar-refractivity contribution >= 4 is 11.8 Å². The van der Waals surface area contributed by atoms with Crippen molar-refractivity contribution in [1.29, 1.82) is 0 Å². The molecule has 0 saturated heterocycles. The zero-order valence-corrected chi connectivity index (χ0v) is 15.8. The number of ether oxygens (including phenoxy) is 1.